The van der Waals surface area contributed by atoms with Crippen molar-refractivity contribution in [3.63, 3.8) is 0 Å². The van der Waals surface area contributed by atoms with Gasteiger partial charge in [0, 0.05) is 6.61 Å². The Morgan fingerprint density at radius 2 is 2.25 bits per heavy atom. The zero-order valence-electron chi connectivity index (χ0n) is 9.36. The van der Waals surface area contributed by atoms with Crippen molar-refractivity contribution in [2.45, 2.75) is 25.3 Å². The second kappa shape index (κ2) is 4.63. The molecule has 1 atom stereocenters. The number of nitrogens with one attached hydrogen (secondary N) is 2. The number of rotatable bonds is 3. The normalized spacial score (nSPS) is 25.1. The Morgan fingerprint density at radius 3 is 2.94 bits per heavy atom. The van der Waals surface area contributed by atoms with Crippen LogP contribution in [0.5, 0.6) is 0 Å². The van der Waals surface area contributed by atoms with E-state index in [1.54, 1.807) is 12.4 Å². The lowest BCUT2D eigenvalue weighted by atomic mass is 9.95. The standard InChI is InChI=1S/C10H17N5O/c1-10(3-2-4-16-7-10)14-8-5-12-6-9(13-8)15-11/h5-6H,2-4,7,11H2,1H3,(H2,13,14,15). The molecule has 1 unspecified atom stereocenters. The number of ether oxygens (including phenoxy) is 1. The molecule has 0 spiro atoms. The highest BCUT2D eigenvalue weighted by molar-refractivity contribution is 5.42. The summed E-state index contributed by atoms with van der Waals surface area (Å²) in [5.41, 5.74) is 2.40. The van der Waals surface area contributed by atoms with E-state index in [4.69, 9.17) is 10.6 Å². The fourth-order valence-electron chi connectivity index (χ4n) is 1.84. The number of aromatic nitrogens is 2. The number of hydrazine groups is 1. The molecule has 1 aliphatic rings. The Labute approximate surface area is 94.6 Å². The number of anilines is 2. The maximum Gasteiger partial charge on any atom is 0.160 e. The zero-order chi connectivity index (χ0) is 11.4. The Balaban J connectivity index is 2.07. The first-order valence-corrected chi connectivity index (χ1v) is 5.36. The van der Waals surface area contributed by atoms with Gasteiger partial charge in [-0.15, -0.1) is 0 Å². The molecular weight excluding hydrogens is 206 g/mol. The summed E-state index contributed by atoms with van der Waals surface area (Å²) in [4.78, 5) is 8.31. The van der Waals surface area contributed by atoms with Gasteiger partial charge in [-0.2, -0.15) is 0 Å². The zero-order valence-corrected chi connectivity index (χ0v) is 9.36. The molecule has 0 aromatic carbocycles. The average Bonchev–Trinajstić information content (AvgIpc) is 2.29. The maximum atomic E-state index is 5.46. The van der Waals surface area contributed by atoms with Crippen molar-refractivity contribution in [3.8, 4) is 0 Å². The van der Waals surface area contributed by atoms with Crippen molar-refractivity contribution in [3.05, 3.63) is 12.4 Å². The molecular formula is C10H17N5O. The summed E-state index contributed by atoms with van der Waals surface area (Å²) in [6, 6.07) is 0. The van der Waals surface area contributed by atoms with E-state index < -0.39 is 0 Å². The second-order valence-corrected chi connectivity index (χ2v) is 4.28. The van der Waals surface area contributed by atoms with Crippen LogP contribution in [-0.4, -0.2) is 28.7 Å². The summed E-state index contributed by atoms with van der Waals surface area (Å²) >= 11 is 0. The van der Waals surface area contributed by atoms with Crippen LogP contribution < -0.4 is 16.6 Å². The molecule has 1 saturated heterocycles. The molecule has 0 saturated carbocycles. The maximum absolute atomic E-state index is 5.46. The number of hydrogen-bond acceptors (Lipinski definition) is 6. The van der Waals surface area contributed by atoms with E-state index in [1.807, 2.05) is 0 Å². The Hall–Kier alpha value is -1.40. The van der Waals surface area contributed by atoms with Crippen LogP contribution in [0.2, 0.25) is 0 Å². The van der Waals surface area contributed by atoms with Crippen LogP contribution in [0.25, 0.3) is 0 Å². The molecule has 2 rings (SSSR count). The van der Waals surface area contributed by atoms with Crippen LogP contribution in [0, 0.1) is 0 Å². The monoisotopic (exact) mass is 223 g/mol. The van der Waals surface area contributed by atoms with E-state index >= 15 is 0 Å². The van der Waals surface area contributed by atoms with E-state index in [0.29, 0.717) is 18.2 Å². The van der Waals surface area contributed by atoms with Gasteiger partial charge in [-0.1, -0.05) is 0 Å². The lowest BCUT2D eigenvalue weighted by molar-refractivity contribution is 0.0539. The fourth-order valence-corrected chi connectivity index (χ4v) is 1.84. The number of nitrogens with two attached hydrogens (primary N) is 1. The molecule has 4 N–H and O–H groups in total. The van der Waals surface area contributed by atoms with Gasteiger partial charge in [0.2, 0.25) is 0 Å². The first kappa shape index (κ1) is 11.1. The molecule has 1 fully saturated rings. The second-order valence-electron chi connectivity index (χ2n) is 4.28. The molecule has 88 valence electrons. The third-order valence-electron chi connectivity index (χ3n) is 2.65. The van der Waals surface area contributed by atoms with Gasteiger partial charge in [-0.25, -0.2) is 10.8 Å². The molecule has 0 radical (unpaired) electrons. The first-order valence-electron chi connectivity index (χ1n) is 5.36. The minimum absolute atomic E-state index is 0.0693. The smallest absolute Gasteiger partial charge is 0.160 e. The van der Waals surface area contributed by atoms with Crippen LogP contribution in [-0.2, 0) is 4.74 Å². The van der Waals surface area contributed by atoms with Crippen molar-refractivity contribution in [1.29, 1.82) is 0 Å². The third-order valence-corrected chi connectivity index (χ3v) is 2.65. The molecule has 1 aromatic heterocycles. The number of nitrogens with zero attached hydrogens (tertiary/aromatic N) is 2. The molecule has 16 heavy (non-hydrogen) atoms. The predicted octanol–water partition coefficient (Wildman–Crippen LogP) is 0.743. The van der Waals surface area contributed by atoms with Gasteiger partial charge in [0.25, 0.3) is 0 Å². The van der Waals surface area contributed by atoms with Gasteiger partial charge in [0.15, 0.2) is 5.82 Å². The lowest BCUT2D eigenvalue weighted by Gasteiger charge is -2.34. The predicted molar refractivity (Wildman–Crippen MR) is 61.9 cm³/mol. The minimum atomic E-state index is -0.0693. The van der Waals surface area contributed by atoms with E-state index in [2.05, 4.69) is 27.6 Å². The molecule has 1 aliphatic heterocycles. The fraction of sp³-hybridized carbons (Fsp3) is 0.600. The van der Waals surface area contributed by atoms with Gasteiger partial charge < -0.3 is 15.5 Å². The third kappa shape index (κ3) is 2.59. The summed E-state index contributed by atoms with van der Waals surface area (Å²) in [5, 5.41) is 3.34. The summed E-state index contributed by atoms with van der Waals surface area (Å²) < 4.78 is 5.46. The van der Waals surface area contributed by atoms with E-state index in [-0.39, 0.29) is 5.54 Å². The van der Waals surface area contributed by atoms with Crippen LogP contribution in [0.15, 0.2) is 12.4 Å². The van der Waals surface area contributed by atoms with Gasteiger partial charge in [-0.05, 0) is 19.8 Å². The van der Waals surface area contributed by atoms with E-state index in [1.165, 1.54) is 0 Å². The topological polar surface area (TPSA) is 85.1 Å². The molecule has 6 heteroatoms. The van der Waals surface area contributed by atoms with Gasteiger partial charge in [-0.3, -0.25) is 4.98 Å². The molecule has 1 aromatic rings. The van der Waals surface area contributed by atoms with Crippen LogP contribution >= 0.6 is 0 Å². The van der Waals surface area contributed by atoms with E-state index in [0.717, 1.165) is 19.4 Å². The van der Waals surface area contributed by atoms with Gasteiger partial charge in [0.1, 0.15) is 5.82 Å². The minimum Gasteiger partial charge on any atom is -0.379 e. The Kier molecular flexibility index (Phi) is 3.21. The van der Waals surface area contributed by atoms with Crippen LogP contribution in [0.1, 0.15) is 19.8 Å². The molecule has 2 heterocycles. The Bertz CT molecular complexity index is 351. The van der Waals surface area contributed by atoms with Gasteiger partial charge >= 0.3 is 0 Å². The van der Waals surface area contributed by atoms with Crippen LogP contribution in [0.3, 0.4) is 0 Å². The number of hydrogen-bond donors (Lipinski definition) is 3. The quantitative estimate of drug-likeness (QED) is 0.518. The van der Waals surface area contributed by atoms with Crippen LogP contribution in [0.4, 0.5) is 11.6 Å². The molecule has 0 aliphatic carbocycles. The summed E-state index contributed by atoms with van der Waals surface area (Å²) in [7, 11) is 0. The van der Waals surface area contributed by atoms with Crippen molar-refractivity contribution < 1.29 is 4.74 Å². The molecule has 0 amide bonds. The SMILES string of the molecule is CC1(Nc2cncc(NN)n2)CCCOC1. The summed E-state index contributed by atoms with van der Waals surface area (Å²) in [6.45, 7) is 3.65. The van der Waals surface area contributed by atoms with Crippen molar-refractivity contribution in [2.75, 3.05) is 24.0 Å². The van der Waals surface area contributed by atoms with Gasteiger partial charge in [0.05, 0.1) is 24.5 Å². The summed E-state index contributed by atoms with van der Waals surface area (Å²) in [5.74, 6) is 6.54. The first-order chi connectivity index (χ1) is 7.72. The van der Waals surface area contributed by atoms with E-state index in [9.17, 15) is 0 Å². The van der Waals surface area contributed by atoms with Crippen molar-refractivity contribution >= 4 is 11.6 Å². The average molecular weight is 223 g/mol. The Morgan fingerprint density at radius 1 is 1.44 bits per heavy atom. The molecule has 0 bridgehead atoms. The highest BCUT2D eigenvalue weighted by Crippen LogP contribution is 2.23. The summed E-state index contributed by atoms with van der Waals surface area (Å²) in [6.07, 6.45) is 5.38. The molecule has 6 nitrogen and oxygen atoms in total. The number of nitrogen functional groups attached to an aromatic ring is 1. The largest absolute Gasteiger partial charge is 0.379 e. The highest BCUT2D eigenvalue weighted by Gasteiger charge is 2.27. The van der Waals surface area contributed by atoms with Crippen molar-refractivity contribution in [1.82, 2.24) is 9.97 Å². The lowest BCUT2D eigenvalue weighted by Crippen LogP contribution is -2.43. The van der Waals surface area contributed by atoms with Crippen molar-refractivity contribution in [2.24, 2.45) is 5.84 Å². The highest BCUT2D eigenvalue weighted by atomic mass is 16.5.